The van der Waals surface area contributed by atoms with Crippen molar-refractivity contribution >= 4 is 5.78 Å². The molecule has 1 aromatic rings. The highest BCUT2D eigenvalue weighted by Gasteiger charge is 2.21. The molecule has 0 bridgehead atoms. The summed E-state index contributed by atoms with van der Waals surface area (Å²) in [5.74, 6) is 5.65. The minimum absolute atomic E-state index is 0.0210. The van der Waals surface area contributed by atoms with Gasteiger partial charge >= 0.3 is 0 Å². The van der Waals surface area contributed by atoms with Gasteiger partial charge in [-0.25, -0.2) is 0 Å². The van der Waals surface area contributed by atoms with Crippen molar-refractivity contribution in [1.29, 1.82) is 0 Å². The van der Waals surface area contributed by atoms with Gasteiger partial charge in [0.1, 0.15) is 0 Å². The van der Waals surface area contributed by atoms with Gasteiger partial charge in [0.2, 0.25) is 5.78 Å². The maximum Gasteiger partial charge on any atom is 0.235 e. The lowest BCUT2D eigenvalue weighted by Crippen LogP contribution is -2.17. The van der Waals surface area contributed by atoms with Gasteiger partial charge in [-0.2, -0.15) is 0 Å². The second kappa shape index (κ2) is 6.48. The molecule has 1 heteroatoms. The van der Waals surface area contributed by atoms with Gasteiger partial charge in [-0.3, -0.25) is 4.79 Å². The van der Waals surface area contributed by atoms with Crippen LogP contribution in [0, 0.1) is 11.8 Å². The Kier molecular flexibility index (Phi) is 5.40. The number of hydrogen-bond acceptors (Lipinski definition) is 1. The summed E-state index contributed by atoms with van der Waals surface area (Å²) in [7, 11) is 0. The minimum atomic E-state index is -0.0694. The van der Waals surface area contributed by atoms with E-state index in [1.54, 1.807) is 0 Å². The van der Waals surface area contributed by atoms with Crippen molar-refractivity contribution in [2.45, 2.75) is 72.1 Å². The van der Waals surface area contributed by atoms with Crippen molar-refractivity contribution in [2.75, 3.05) is 0 Å². The molecule has 0 aliphatic rings. The summed E-state index contributed by atoms with van der Waals surface area (Å²) in [5, 5.41) is 0. The summed E-state index contributed by atoms with van der Waals surface area (Å²) in [5.41, 5.74) is 3.14. The quantitative estimate of drug-likeness (QED) is 0.411. The smallest absolute Gasteiger partial charge is 0.235 e. The molecule has 0 saturated heterocycles. The molecular weight excluding hydrogens is 256 g/mol. The van der Waals surface area contributed by atoms with Crippen LogP contribution in [0.25, 0.3) is 0 Å². The summed E-state index contributed by atoms with van der Waals surface area (Å²) >= 11 is 0. The SMILES string of the molecule is CCCC#CC(=O)c1cc(C(C)(C)C)cc(C(C)(C)C)c1. The molecule has 21 heavy (non-hydrogen) atoms. The second-order valence-corrected chi connectivity index (χ2v) is 7.68. The standard InChI is InChI=1S/C20H28O/c1-8-9-10-11-18(21)15-12-16(19(2,3)4)14-17(13-15)20(5,6)7/h12-14H,8-9H2,1-7H3. The Morgan fingerprint density at radius 3 is 1.81 bits per heavy atom. The topological polar surface area (TPSA) is 17.1 Å². The lowest BCUT2D eigenvalue weighted by atomic mass is 9.79. The third-order valence-electron chi connectivity index (χ3n) is 3.50. The fraction of sp³-hybridized carbons (Fsp3) is 0.550. The normalized spacial score (nSPS) is 11.8. The summed E-state index contributed by atoms with van der Waals surface area (Å²) in [6, 6.07) is 6.21. The van der Waals surface area contributed by atoms with E-state index in [1.165, 1.54) is 11.1 Å². The first kappa shape index (κ1) is 17.5. The zero-order valence-electron chi connectivity index (χ0n) is 14.6. The lowest BCUT2D eigenvalue weighted by Gasteiger charge is -2.25. The lowest BCUT2D eigenvalue weighted by molar-refractivity contribution is 0.105. The molecule has 0 saturated carbocycles. The Labute approximate surface area is 130 Å². The predicted octanol–water partition coefficient (Wildman–Crippen LogP) is 5.27. The number of ketones is 1. The predicted molar refractivity (Wildman–Crippen MR) is 90.9 cm³/mol. The Morgan fingerprint density at radius 1 is 0.952 bits per heavy atom. The van der Waals surface area contributed by atoms with Crippen molar-refractivity contribution in [3.63, 3.8) is 0 Å². The molecule has 0 radical (unpaired) electrons. The van der Waals surface area contributed by atoms with E-state index in [1.807, 2.05) is 12.1 Å². The number of benzene rings is 1. The van der Waals surface area contributed by atoms with Gasteiger partial charge in [0.15, 0.2) is 0 Å². The Hall–Kier alpha value is -1.55. The maximum atomic E-state index is 12.3. The minimum Gasteiger partial charge on any atom is -0.279 e. The van der Waals surface area contributed by atoms with E-state index in [2.05, 4.69) is 66.4 Å². The van der Waals surface area contributed by atoms with Crippen LogP contribution < -0.4 is 0 Å². The van der Waals surface area contributed by atoms with Crippen LogP contribution in [0.4, 0.5) is 0 Å². The molecule has 0 amide bonds. The Balaban J connectivity index is 3.33. The number of unbranched alkanes of at least 4 members (excludes halogenated alkanes) is 1. The fourth-order valence-electron chi connectivity index (χ4n) is 1.96. The van der Waals surface area contributed by atoms with E-state index in [9.17, 15) is 4.79 Å². The summed E-state index contributed by atoms with van der Waals surface area (Å²) < 4.78 is 0. The van der Waals surface area contributed by atoms with Crippen LogP contribution in [0.3, 0.4) is 0 Å². The van der Waals surface area contributed by atoms with Crippen molar-refractivity contribution in [2.24, 2.45) is 0 Å². The van der Waals surface area contributed by atoms with Crippen molar-refractivity contribution in [3.8, 4) is 11.8 Å². The number of carbonyl (C=O) groups excluding carboxylic acids is 1. The molecule has 0 aliphatic heterocycles. The van der Waals surface area contributed by atoms with Crippen LogP contribution in [-0.2, 0) is 10.8 Å². The van der Waals surface area contributed by atoms with Crippen LogP contribution in [0.1, 0.15) is 82.8 Å². The first-order chi connectivity index (χ1) is 9.55. The van der Waals surface area contributed by atoms with E-state index < -0.39 is 0 Å². The van der Waals surface area contributed by atoms with Crippen LogP contribution >= 0.6 is 0 Å². The summed E-state index contributed by atoms with van der Waals surface area (Å²) in [4.78, 5) is 12.3. The second-order valence-electron chi connectivity index (χ2n) is 7.68. The molecule has 0 spiro atoms. The van der Waals surface area contributed by atoms with Crippen molar-refractivity contribution in [1.82, 2.24) is 0 Å². The molecule has 0 unspecified atom stereocenters. The van der Waals surface area contributed by atoms with Gasteiger partial charge < -0.3 is 0 Å². The molecule has 1 nitrogen and oxygen atoms in total. The molecule has 1 aromatic carbocycles. The first-order valence-corrected chi connectivity index (χ1v) is 7.75. The summed E-state index contributed by atoms with van der Waals surface area (Å²) in [6.07, 6.45) is 1.76. The highest BCUT2D eigenvalue weighted by atomic mass is 16.1. The Bertz CT molecular complexity index is 536. The first-order valence-electron chi connectivity index (χ1n) is 7.75. The van der Waals surface area contributed by atoms with E-state index >= 15 is 0 Å². The fourth-order valence-corrected chi connectivity index (χ4v) is 1.96. The number of Topliss-reactive ketones (excluding diaryl/α,β-unsaturated/α-hetero) is 1. The van der Waals surface area contributed by atoms with Crippen LogP contribution in [0.2, 0.25) is 0 Å². The number of carbonyl (C=O) groups is 1. The molecular formula is C20H28O. The maximum absolute atomic E-state index is 12.3. The van der Waals surface area contributed by atoms with Crippen LogP contribution in [-0.4, -0.2) is 5.78 Å². The number of hydrogen-bond donors (Lipinski definition) is 0. The van der Waals surface area contributed by atoms with Crippen molar-refractivity contribution in [3.05, 3.63) is 34.9 Å². The van der Waals surface area contributed by atoms with E-state index in [0.717, 1.165) is 18.4 Å². The molecule has 0 fully saturated rings. The van der Waals surface area contributed by atoms with Gasteiger partial charge in [-0.15, -0.1) is 0 Å². The molecule has 0 aromatic heterocycles. The highest BCUT2D eigenvalue weighted by molar-refractivity contribution is 6.09. The molecule has 114 valence electrons. The van der Waals surface area contributed by atoms with Gasteiger partial charge in [0, 0.05) is 12.0 Å². The molecule has 0 aliphatic carbocycles. The monoisotopic (exact) mass is 284 g/mol. The van der Waals surface area contributed by atoms with Gasteiger partial charge in [-0.1, -0.05) is 60.5 Å². The van der Waals surface area contributed by atoms with Crippen LogP contribution in [0.15, 0.2) is 18.2 Å². The average molecular weight is 284 g/mol. The van der Waals surface area contributed by atoms with Crippen LogP contribution in [0.5, 0.6) is 0 Å². The van der Waals surface area contributed by atoms with Crippen molar-refractivity contribution < 1.29 is 4.79 Å². The largest absolute Gasteiger partial charge is 0.279 e. The van der Waals surface area contributed by atoms with Gasteiger partial charge in [0.05, 0.1) is 0 Å². The zero-order chi connectivity index (χ0) is 16.3. The van der Waals surface area contributed by atoms with Gasteiger partial charge in [-0.05, 0) is 46.4 Å². The molecule has 1 rings (SSSR count). The van der Waals surface area contributed by atoms with E-state index in [-0.39, 0.29) is 16.6 Å². The number of rotatable bonds is 2. The van der Waals surface area contributed by atoms with E-state index in [4.69, 9.17) is 0 Å². The van der Waals surface area contributed by atoms with Gasteiger partial charge in [0.25, 0.3) is 0 Å². The molecule has 0 atom stereocenters. The zero-order valence-corrected chi connectivity index (χ0v) is 14.6. The third-order valence-corrected chi connectivity index (χ3v) is 3.50. The third kappa shape index (κ3) is 5.05. The average Bonchev–Trinajstić information content (AvgIpc) is 2.36. The van der Waals surface area contributed by atoms with E-state index in [0.29, 0.717) is 0 Å². The Morgan fingerprint density at radius 2 is 1.43 bits per heavy atom. The molecule has 0 N–H and O–H groups in total. The molecule has 0 heterocycles. The summed E-state index contributed by atoms with van der Waals surface area (Å²) in [6.45, 7) is 15.1. The highest BCUT2D eigenvalue weighted by Crippen LogP contribution is 2.30.